The number of aliphatic carboxylic acids is 1. The van der Waals surface area contributed by atoms with E-state index in [1.165, 1.54) is 12.1 Å². The smallest absolute Gasteiger partial charge is 0.303 e. The molecule has 0 bridgehead atoms. The number of benzene rings is 1. The lowest BCUT2D eigenvalue weighted by atomic mass is 9.98. The molecule has 1 aromatic carbocycles. The number of carbonyl (C=O) groups is 2. The Kier molecular flexibility index (Phi) is 6.92. The number of carboxylic acids is 1. The molecule has 0 saturated heterocycles. The van der Waals surface area contributed by atoms with Crippen LogP contribution in [0.3, 0.4) is 0 Å². The minimum atomic E-state index is -3.51. The van der Waals surface area contributed by atoms with E-state index in [1.807, 2.05) is 0 Å². The maximum absolute atomic E-state index is 12.1. The van der Waals surface area contributed by atoms with Crippen molar-refractivity contribution in [1.82, 2.24) is 10.0 Å². The summed E-state index contributed by atoms with van der Waals surface area (Å²) in [6, 6.07) is 6.09. The van der Waals surface area contributed by atoms with Crippen LogP contribution in [0.4, 0.5) is 0 Å². The minimum Gasteiger partial charge on any atom is -0.481 e. The quantitative estimate of drug-likeness (QED) is 0.617. The second-order valence-electron chi connectivity index (χ2n) is 6.15. The van der Waals surface area contributed by atoms with Crippen molar-refractivity contribution >= 4 is 21.9 Å². The fourth-order valence-corrected chi connectivity index (χ4v) is 3.19. The summed E-state index contributed by atoms with van der Waals surface area (Å²) in [6.07, 6.45) is 0.399. The Labute approximate surface area is 142 Å². The van der Waals surface area contributed by atoms with Crippen molar-refractivity contribution in [3.8, 4) is 0 Å². The molecule has 1 rings (SSSR count). The molecule has 0 unspecified atom stereocenters. The normalized spacial score (nSPS) is 12.0. The molecule has 134 valence electrons. The van der Waals surface area contributed by atoms with E-state index >= 15 is 0 Å². The van der Waals surface area contributed by atoms with Crippen LogP contribution in [0, 0.1) is 0 Å². The van der Waals surface area contributed by atoms with E-state index in [1.54, 1.807) is 32.9 Å². The van der Waals surface area contributed by atoms with E-state index < -0.39 is 21.5 Å². The molecular weight excluding hydrogens is 332 g/mol. The Morgan fingerprint density at radius 3 is 2.25 bits per heavy atom. The first-order valence-corrected chi connectivity index (χ1v) is 9.15. The SMILES string of the molecule is CCNS(=O)(=O)c1ccc(CC(=O)NC(C)(C)CCC(=O)O)cc1. The van der Waals surface area contributed by atoms with Crippen molar-refractivity contribution in [2.45, 2.75) is 50.5 Å². The Morgan fingerprint density at radius 1 is 1.17 bits per heavy atom. The number of carboxylic acid groups (broad SMARTS) is 1. The van der Waals surface area contributed by atoms with Gasteiger partial charge in [0, 0.05) is 18.5 Å². The topological polar surface area (TPSA) is 113 Å². The molecule has 0 aromatic heterocycles. The van der Waals surface area contributed by atoms with E-state index in [9.17, 15) is 18.0 Å². The second kappa shape index (κ2) is 8.25. The van der Waals surface area contributed by atoms with E-state index in [4.69, 9.17) is 5.11 Å². The number of carbonyl (C=O) groups excluding carboxylic acids is 1. The lowest BCUT2D eigenvalue weighted by molar-refractivity contribution is -0.137. The van der Waals surface area contributed by atoms with Crippen LogP contribution in [-0.4, -0.2) is 37.5 Å². The van der Waals surface area contributed by atoms with Gasteiger partial charge in [-0.25, -0.2) is 13.1 Å². The van der Waals surface area contributed by atoms with Crippen LogP contribution < -0.4 is 10.0 Å². The molecule has 1 amide bonds. The summed E-state index contributed by atoms with van der Waals surface area (Å²) in [5.74, 6) is -1.15. The zero-order valence-corrected chi connectivity index (χ0v) is 14.9. The van der Waals surface area contributed by atoms with Gasteiger partial charge >= 0.3 is 5.97 Å². The first-order chi connectivity index (χ1) is 11.1. The highest BCUT2D eigenvalue weighted by Gasteiger charge is 2.21. The van der Waals surface area contributed by atoms with Gasteiger partial charge in [-0.05, 0) is 38.0 Å². The Balaban J connectivity index is 2.66. The number of hydrogen-bond acceptors (Lipinski definition) is 4. The predicted octanol–water partition coefficient (Wildman–Crippen LogP) is 1.29. The summed E-state index contributed by atoms with van der Waals surface area (Å²) >= 11 is 0. The third-order valence-corrected chi connectivity index (χ3v) is 4.94. The highest BCUT2D eigenvalue weighted by molar-refractivity contribution is 7.89. The van der Waals surface area contributed by atoms with Crippen LogP contribution in [0.15, 0.2) is 29.2 Å². The van der Waals surface area contributed by atoms with Crippen molar-refractivity contribution in [1.29, 1.82) is 0 Å². The van der Waals surface area contributed by atoms with Crippen LogP contribution in [0.1, 0.15) is 39.2 Å². The third-order valence-electron chi connectivity index (χ3n) is 3.37. The average molecular weight is 356 g/mol. The van der Waals surface area contributed by atoms with Gasteiger partial charge in [-0.3, -0.25) is 9.59 Å². The average Bonchev–Trinajstić information content (AvgIpc) is 2.45. The van der Waals surface area contributed by atoms with Gasteiger partial charge in [0.2, 0.25) is 15.9 Å². The van der Waals surface area contributed by atoms with Gasteiger partial charge in [0.15, 0.2) is 0 Å². The number of rotatable bonds is 9. The summed E-state index contributed by atoms with van der Waals surface area (Å²) in [6.45, 7) is 5.53. The van der Waals surface area contributed by atoms with Gasteiger partial charge in [-0.15, -0.1) is 0 Å². The minimum absolute atomic E-state index is 0.0235. The van der Waals surface area contributed by atoms with Crippen LogP contribution in [-0.2, 0) is 26.0 Å². The zero-order valence-electron chi connectivity index (χ0n) is 14.1. The van der Waals surface area contributed by atoms with Crippen molar-refractivity contribution < 1.29 is 23.1 Å². The van der Waals surface area contributed by atoms with Gasteiger partial charge in [0.05, 0.1) is 11.3 Å². The van der Waals surface area contributed by atoms with Crippen LogP contribution in [0.25, 0.3) is 0 Å². The first kappa shape index (κ1) is 20.1. The van der Waals surface area contributed by atoms with Crippen LogP contribution in [0.5, 0.6) is 0 Å². The summed E-state index contributed by atoms with van der Waals surface area (Å²) in [5.41, 5.74) is 0.0565. The Morgan fingerprint density at radius 2 is 1.75 bits per heavy atom. The first-order valence-electron chi connectivity index (χ1n) is 7.67. The van der Waals surface area contributed by atoms with Crippen molar-refractivity contribution in [2.24, 2.45) is 0 Å². The molecule has 24 heavy (non-hydrogen) atoms. The summed E-state index contributed by atoms with van der Waals surface area (Å²) in [4.78, 5) is 22.8. The van der Waals surface area contributed by atoms with Gasteiger partial charge in [0.1, 0.15) is 0 Å². The van der Waals surface area contributed by atoms with Gasteiger partial charge in [-0.2, -0.15) is 0 Å². The maximum Gasteiger partial charge on any atom is 0.303 e. The molecule has 3 N–H and O–H groups in total. The molecule has 8 heteroatoms. The van der Waals surface area contributed by atoms with Gasteiger partial charge in [0.25, 0.3) is 0 Å². The molecule has 0 atom stereocenters. The molecule has 0 saturated carbocycles. The molecule has 0 spiro atoms. The van der Waals surface area contributed by atoms with E-state index in [-0.39, 0.29) is 23.6 Å². The molecule has 0 aliphatic heterocycles. The van der Waals surface area contributed by atoms with Crippen LogP contribution in [0.2, 0.25) is 0 Å². The molecule has 0 aliphatic carbocycles. The fraction of sp³-hybridized carbons (Fsp3) is 0.500. The van der Waals surface area contributed by atoms with Crippen molar-refractivity contribution in [2.75, 3.05) is 6.54 Å². The van der Waals surface area contributed by atoms with E-state index in [0.717, 1.165) is 0 Å². The Bertz CT molecular complexity index is 681. The van der Waals surface area contributed by atoms with Gasteiger partial charge in [-0.1, -0.05) is 19.1 Å². The highest BCUT2D eigenvalue weighted by Crippen LogP contribution is 2.13. The molecule has 0 aliphatic rings. The summed E-state index contributed by atoms with van der Waals surface area (Å²) in [5, 5.41) is 11.5. The van der Waals surface area contributed by atoms with Crippen LogP contribution >= 0.6 is 0 Å². The molecule has 1 aromatic rings. The number of sulfonamides is 1. The van der Waals surface area contributed by atoms with E-state index in [2.05, 4.69) is 10.0 Å². The fourth-order valence-electron chi connectivity index (χ4n) is 2.15. The third kappa shape index (κ3) is 6.67. The Hall–Kier alpha value is -1.93. The summed E-state index contributed by atoms with van der Waals surface area (Å²) in [7, 11) is -3.51. The maximum atomic E-state index is 12.1. The number of hydrogen-bond donors (Lipinski definition) is 3. The number of nitrogens with one attached hydrogen (secondary N) is 2. The lowest BCUT2D eigenvalue weighted by Gasteiger charge is -2.25. The molecule has 0 radical (unpaired) electrons. The monoisotopic (exact) mass is 356 g/mol. The van der Waals surface area contributed by atoms with E-state index in [0.29, 0.717) is 18.5 Å². The highest BCUT2D eigenvalue weighted by atomic mass is 32.2. The largest absolute Gasteiger partial charge is 0.481 e. The summed E-state index contributed by atoms with van der Waals surface area (Å²) < 4.78 is 26.1. The zero-order chi connectivity index (χ0) is 18.4. The molecule has 0 fully saturated rings. The standard InChI is InChI=1S/C16H24N2O5S/c1-4-17-24(22,23)13-7-5-12(6-8-13)11-14(19)18-16(2,3)10-9-15(20)21/h5-8,17H,4,9-11H2,1-3H3,(H,18,19)(H,20,21). The molecule has 0 heterocycles. The molecular formula is C16H24N2O5S. The lowest BCUT2D eigenvalue weighted by Crippen LogP contribution is -2.44. The van der Waals surface area contributed by atoms with Crippen molar-refractivity contribution in [3.63, 3.8) is 0 Å². The second-order valence-corrected chi connectivity index (χ2v) is 7.91. The number of amides is 1. The van der Waals surface area contributed by atoms with Gasteiger partial charge < -0.3 is 10.4 Å². The molecule has 7 nitrogen and oxygen atoms in total. The van der Waals surface area contributed by atoms with Crippen molar-refractivity contribution in [3.05, 3.63) is 29.8 Å². The predicted molar refractivity (Wildman–Crippen MR) is 90.1 cm³/mol.